The van der Waals surface area contributed by atoms with Crippen molar-refractivity contribution in [1.29, 1.82) is 0 Å². The van der Waals surface area contributed by atoms with E-state index in [1.54, 1.807) is 0 Å². The lowest BCUT2D eigenvalue weighted by Crippen LogP contribution is -2.35. The van der Waals surface area contributed by atoms with Gasteiger partial charge in [-0.1, -0.05) is 55.1 Å². The molecule has 1 fully saturated rings. The fourth-order valence-corrected chi connectivity index (χ4v) is 2.96. The molecule has 140 valence electrons. The molecule has 4 rings (SSSR count). The molecule has 0 bridgehead atoms. The van der Waals surface area contributed by atoms with E-state index < -0.39 is 0 Å². The summed E-state index contributed by atoms with van der Waals surface area (Å²) in [4.78, 5) is 25.8. The van der Waals surface area contributed by atoms with Gasteiger partial charge in [0, 0.05) is 16.9 Å². The Morgan fingerprint density at radius 1 is 0.964 bits per heavy atom. The lowest BCUT2D eigenvalue weighted by Gasteiger charge is -2.13. The number of amides is 1. The standard InChI is InChI=1S/C21H20N6O/c1-14-12-13-17(22-14)19(28)26-21-25-18(15-8-4-2-5-9-15)24-20(27-21)23-16-10-6-3-7-11-16/h2-11,17,22H,1,12-13H2,(H2,23,24,25,26,27,28). The highest BCUT2D eigenvalue weighted by Crippen LogP contribution is 2.21. The number of hydrogen-bond acceptors (Lipinski definition) is 6. The van der Waals surface area contributed by atoms with E-state index in [-0.39, 0.29) is 17.9 Å². The summed E-state index contributed by atoms with van der Waals surface area (Å²) in [6, 6.07) is 18.9. The smallest absolute Gasteiger partial charge is 0.249 e. The van der Waals surface area contributed by atoms with Crippen LogP contribution in [0.4, 0.5) is 17.6 Å². The van der Waals surface area contributed by atoms with Gasteiger partial charge in [0.05, 0.1) is 0 Å². The van der Waals surface area contributed by atoms with E-state index >= 15 is 0 Å². The quantitative estimate of drug-likeness (QED) is 0.635. The molecule has 7 heteroatoms. The number of nitrogens with zero attached hydrogens (tertiary/aromatic N) is 3. The summed E-state index contributed by atoms with van der Waals surface area (Å²) in [5.41, 5.74) is 2.55. The van der Waals surface area contributed by atoms with Gasteiger partial charge in [0.15, 0.2) is 5.82 Å². The summed E-state index contributed by atoms with van der Waals surface area (Å²) >= 11 is 0. The Morgan fingerprint density at radius 3 is 2.32 bits per heavy atom. The molecule has 28 heavy (non-hydrogen) atoms. The van der Waals surface area contributed by atoms with Crippen molar-refractivity contribution in [3.8, 4) is 11.4 Å². The summed E-state index contributed by atoms with van der Waals surface area (Å²) in [7, 11) is 0. The van der Waals surface area contributed by atoms with E-state index in [9.17, 15) is 4.79 Å². The van der Waals surface area contributed by atoms with Crippen LogP contribution >= 0.6 is 0 Å². The Balaban J connectivity index is 1.63. The van der Waals surface area contributed by atoms with E-state index in [1.807, 2.05) is 60.7 Å². The van der Waals surface area contributed by atoms with Crippen LogP contribution in [0.1, 0.15) is 12.8 Å². The summed E-state index contributed by atoms with van der Waals surface area (Å²) in [5, 5.41) is 9.04. The molecule has 2 aromatic carbocycles. The van der Waals surface area contributed by atoms with E-state index in [1.165, 1.54) is 0 Å². The lowest BCUT2D eigenvalue weighted by molar-refractivity contribution is -0.117. The lowest BCUT2D eigenvalue weighted by atomic mass is 10.2. The van der Waals surface area contributed by atoms with Crippen LogP contribution in [0.5, 0.6) is 0 Å². The number of para-hydroxylation sites is 1. The minimum atomic E-state index is -0.324. The van der Waals surface area contributed by atoms with Crippen LogP contribution in [0.15, 0.2) is 72.9 Å². The van der Waals surface area contributed by atoms with Crippen LogP contribution in [-0.2, 0) is 4.79 Å². The number of carbonyl (C=O) groups excluding carboxylic acids is 1. The molecule has 1 aliphatic rings. The molecule has 3 N–H and O–H groups in total. The largest absolute Gasteiger partial charge is 0.378 e. The minimum absolute atomic E-state index is 0.186. The van der Waals surface area contributed by atoms with Gasteiger partial charge in [-0.3, -0.25) is 10.1 Å². The monoisotopic (exact) mass is 372 g/mol. The molecule has 1 atom stereocenters. The number of anilines is 3. The van der Waals surface area contributed by atoms with Crippen molar-refractivity contribution in [2.24, 2.45) is 0 Å². The zero-order valence-electron chi connectivity index (χ0n) is 15.2. The first-order valence-electron chi connectivity index (χ1n) is 9.06. The molecule has 7 nitrogen and oxygen atoms in total. The number of benzene rings is 2. The second-order valence-electron chi connectivity index (χ2n) is 6.49. The fraction of sp³-hybridized carbons (Fsp3) is 0.143. The van der Waals surface area contributed by atoms with Gasteiger partial charge in [0.25, 0.3) is 0 Å². The molecule has 0 spiro atoms. The molecule has 3 aromatic rings. The van der Waals surface area contributed by atoms with Crippen molar-refractivity contribution in [2.75, 3.05) is 10.6 Å². The van der Waals surface area contributed by atoms with Crippen LogP contribution in [-0.4, -0.2) is 26.9 Å². The van der Waals surface area contributed by atoms with Gasteiger partial charge in [-0.15, -0.1) is 0 Å². The highest BCUT2D eigenvalue weighted by molar-refractivity contribution is 5.94. The Hall–Kier alpha value is -3.74. The molecular formula is C21H20N6O. The van der Waals surface area contributed by atoms with E-state index in [4.69, 9.17) is 0 Å². The highest BCUT2D eigenvalue weighted by Gasteiger charge is 2.25. The maximum Gasteiger partial charge on any atom is 0.249 e. The highest BCUT2D eigenvalue weighted by atomic mass is 16.2. The van der Waals surface area contributed by atoms with Crippen molar-refractivity contribution >= 4 is 23.5 Å². The first-order chi connectivity index (χ1) is 13.7. The first kappa shape index (κ1) is 17.7. The first-order valence-corrected chi connectivity index (χ1v) is 9.06. The van der Waals surface area contributed by atoms with Gasteiger partial charge in [0.2, 0.25) is 17.8 Å². The molecule has 1 aromatic heterocycles. The summed E-state index contributed by atoms with van der Waals surface area (Å²) in [6.07, 6.45) is 1.49. The molecule has 0 saturated carbocycles. The van der Waals surface area contributed by atoms with Gasteiger partial charge in [-0.25, -0.2) is 0 Å². The van der Waals surface area contributed by atoms with E-state index in [0.29, 0.717) is 18.2 Å². The Morgan fingerprint density at radius 2 is 1.64 bits per heavy atom. The average Bonchev–Trinajstić information content (AvgIpc) is 3.16. The normalized spacial score (nSPS) is 15.7. The third-order valence-corrected chi connectivity index (χ3v) is 4.36. The van der Waals surface area contributed by atoms with Gasteiger partial charge >= 0.3 is 0 Å². The minimum Gasteiger partial charge on any atom is -0.378 e. The second-order valence-corrected chi connectivity index (χ2v) is 6.49. The van der Waals surface area contributed by atoms with Gasteiger partial charge < -0.3 is 10.6 Å². The number of nitrogens with one attached hydrogen (secondary N) is 3. The van der Waals surface area contributed by atoms with Crippen molar-refractivity contribution in [2.45, 2.75) is 18.9 Å². The number of hydrogen-bond donors (Lipinski definition) is 3. The van der Waals surface area contributed by atoms with Gasteiger partial charge in [0.1, 0.15) is 6.04 Å². The number of allylic oxidation sites excluding steroid dienone is 1. The molecular weight excluding hydrogens is 352 g/mol. The summed E-state index contributed by atoms with van der Waals surface area (Å²) < 4.78 is 0. The molecule has 0 radical (unpaired) electrons. The van der Waals surface area contributed by atoms with Crippen molar-refractivity contribution in [3.63, 3.8) is 0 Å². The molecule has 1 aliphatic heterocycles. The van der Waals surface area contributed by atoms with Crippen molar-refractivity contribution in [1.82, 2.24) is 20.3 Å². The van der Waals surface area contributed by atoms with Gasteiger partial charge in [-0.05, 0) is 25.0 Å². The predicted molar refractivity (Wildman–Crippen MR) is 109 cm³/mol. The third-order valence-electron chi connectivity index (χ3n) is 4.36. The second kappa shape index (κ2) is 7.87. The molecule has 2 heterocycles. The third kappa shape index (κ3) is 4.15. The predicted octanol–water partition coefficient (Wildman–Crippen LogP) is 3.49. The number of carbonyl (C=O) groups is 1. The SMILES string of the molecule is C=C1CCC(C(=O)Nc2nc(Nc3ccccc3)nc(-c3ccccc3)n2)N1. The van der Waals surface area contributed by atoms with E-state index in [0.717, 1.165) is 23.4 Å². The van der Waals surface area contributed by atoms with Crippen LogP contribution < -0.4 is 16.0 Å². The maximum absolute atomic E-state index is 12.5. The Labute approximate surface area is 163 Å². The number of aromatic nitrogens is 3. The van der Waals surface area contributed by atoms with E-state index in [2.05, 4.69) is 37.5 Å². The average molecular weight is 372 g/mol. The topological polar surface area (TPSA) is 91.8 Å². The maximum atomic E-state index is 12.5. The van der Waals surface area contributed by atoms with Crippen molar-refractivity contribution in [3.05, 3.63) is 72.9 Å². The number of rotatable bonds is 5. The molecule has 1 amide bonds. The zero-order chi connectivity index (χ0) is 19.3. The van der Waals surface area contributed by atoms with Crippen molar-refractivity contribution < 1.29 is 4.79 Å². The molecule has 0 aliphatic carbocycles. The van der Waals surface area contributed by atoms with Crippen LogP contribution in [0.2, 0.25) is 0 Å². The fourth-order valence-electron chi connectivity index (χ4n) is 2.96. The summed E-state index contributed by atoms with van der Waals surface area (Å²) in [6.45, 7) is 3.87. The van der Waals surface area contributed by atoms with Crippen LogP contribution in [0.3, 0.4) is 0 Å². The Bertz CT molecular complexity index is 990. The van der Waals surface area contributed by atoms with Gasteiger partial charge in [-0.2, -0.15) is 15.0 Å². The Kier molecular flexibility index (Phi) is 4.97. The molecule has 1 unspecified atom stereocenters. The molecule has 1 saturated heterocycles. The van der Waals surface area contributed by atoms with Crippen LogP contribution in [0.25, 0.3) is 11.4 Å². The zero-order valence-corrected chi connectivity index (χ0v) is 15.2. The van der Waals surface area contributed by atoms with Crippen LogP contribution in [0, 0.1) is 0 Å². The summed E-state index contributed by atoms with van der Waals surface area (Å²) in [5.74, 6) is 0.860.